The minimum Gasteiger partial charge on any atom is -0.368 e. The van der Waals surface area contributed by atoms with Crippen molar-refractivity contribution in [1.82, 2.24) is 4.57 Å². The molecule has 1 atom stereocenters. The number of ether oxygens (including phenoxy) is 1. The fraction of sp³-hybridized carbons (Fsp3) is 0.364. The van der Waals surface area contributed by atoms with Crippen LogP contribution >= 0.6 is 0 Å². The third-order valence-electron chi connectivity index (χ3n) is 2.62. The number of rotatable bonds is 4. The first-order valence-electron chi connectivity index (χ1n) is 4.95. The standard InChI is InChI=1S/C11H14N2O2/c1-2-7-15-9-4-6-13-5-3-8(10(9)13)11(12)14/h2-3,5,9H,1,4,6-7H2,(H2,12,14). The lowest BCUT2D eigenvalue weighted by Crippen LogP contribution is -2.14. The Labute approximate surface area is 88.3 Å². The van der Waals surface area contributed by atoms with Crippen molar-refractivity contribution in [2.24, 2.45) is 5.73 Å². The summed E-state index contributed by atoms with van der Waals surface area (Å²) in [5, 5.41) is 0. The molecular weight excluding hydrogens is 192 g/mol. The van der Waals surface area contributed by atoms with Crippen molar-refractivity contribution < 1.29 is 9.53 Å². The summed E-state index contributed by atoms with van der Waals surface area (Å²) in [6.45, 7) is 4.97. The Bertz CT molecular complexity index is 395. The maximum absolute atomic E-state index is 11.2. The number of primary amides is 1. The normalized spacial score (nSPS) is 18.8. The molecule has 0 fully saturated rings. The average molecular weight is 206 g/mol. The highest BCUT2D eigenvalue weighted by Gasteiger charge is 2.27. The van der Waals surface area contributed by atoms with Gasteiger partial charge in [-0.2, -0.15) is 0 Å². The van der Waals surface area contributed by atoms with Crippen LogP contribution < -0.4 is 5.73 Å². The fourth-order valence-corrected chi connectivity index (χ4v) is 1.99. The van der Waals surface area contributed by atoms with E-state index in [9.17, 15) is 4.79 Å². The molecule has 1 aliphatic heterocycles. The van der Waals surface area contributed by atoms with Crippen molar-refractivity contribution in [2.45, 2.75) is 19.1 Å². The minimum atomic E-state index is -0.391. The zero-order chi connectivity index (χ0) is 10.8. The van der Waals surface area contributed by atoms with Crippen LogP contribution in [0.4, 0.5) is 0 Å². The highest BCUT2D eigenvalue weighted by molar-refractivity contribution is 5.94. The highest BCUT2D eigenvalue weighted by atomic mass is 16.5. The van der Waals surface area contributed by atoms with Crippen LogP contribution in [0.3, 0.4) is 0 Å². The first-order valence-corrected chi connectivity index (χ1v) is 4.95. The lowest BCUT2D eigenvalue weighted by Gasteiger charge is -2.10. The predicted molar refractivity (Wildman–Crippen MR) is 56.5 cm³/mol. The summed E-state index contributed by atoms with van der Waals surface area (Å²) < 4.78 is 7.60. The molecule has 2 heterocycles. The number of carbonyl (C=O) groups is 1. The van der Waals surface area contributed by atoms with E-state index >= 15 is 0 Å². The molecule has 0 radical (unpaired) electrons. The number of amides is 1. The molecule has 2 rings (SSSR count). The van der Waals surface area contributed by atoms with Crippen LogP contribution in [0.25, 0.3) is 0 Å². The zero-order valence-electron chi connectivity index (χ0n) is 8.48. The fourth-order valence-electron chi connectivity index (χ4n) is 1.99. The largest absolute Gasteiger partial charge is 0.368 e. The van der Waals surface area contributed by atoms with Gasteiger partial charge in [0.2, 0.25) is 0 Å². The maximum atomic E-state index is 11.2. The van der Waals surface area contributed by atoms with Crippen molar-refractivity contribution in [3.63, 3.8) is 0 Å². The molecule has 0 aliphatic carbocycles. The summed E-state index contributed by atoms with van der Waals surface area (Å²) in [7, 11) is 0. The van der Waals surface area contributed by atoms with E-state index in [2.05, 4.69) is 6.58 Å². The van der Waals surface area contributed by atoms with Gasteiger partial charge in [-0.15, -0.1) is 6.58 Å². The van der Waals surface area contributed by atoms with Gasteiger partial charge in [-0.05, 0) is 12.5 Å². The van der Waals surface area contributed by atoms with Gasteiger partial charge < -0.3 is 15.0 Å². The molecule has 15 heavy (non-hydrogen) atoms. The molecule has 1 amide bonds. The van der Waals surface area contributed by atoms with E-state index in [1.807, 2.05) is 10.8 Å². The molecule has 1 aromatic heterocycles. The van der Waals surface area contributed by atoms with E-state index in [-0.39, 0.29) is 6.10 Å². The van der Waals surface area contributed by atoms with Crippen molar-refractivity contribution in [3.8, 4) is 0 Å². The van der Waals surface area contributed by atoms with Gasteiger partial charge in [-0.3, -0.25) is 4.79 Å². The number of aromatic nitrogens is 1. The molecule has 0 saturated carbocycles. The molecule has 4 heteroatoms. The van der Waals surface area contributed by atoms with Crippen LogP contribution in [0, 0.1) is 0 Å². The summed E-state index contributed by atoms with van der Waals surface area (Å²) in [6, 6.07) is 1.75. The minimum absolute atomic E-state index is 0.0273. The van der Waals surface area contributed by atoms with E-state index in [0.29, 0.717) is 12.2 Å². The van der Waals surface area contributed by atoms with Crippen LogP contribution in [-0.4, -0.2) is 17.1 Å². The second kappa shape index (κ2) is 3.90. The molecule has 80 valence electrons. The maximum Gasteiger partial charge on any atom is 0.250 e. The molecule has 1 unspecified atom stereocenters. The predicted octanol–water partition coefficient (Wildman–Crippen LogP) is 1.23. The lowest BCUT2D eigenvalue weighted by atomic mass is 10.1. The molecule has 1 aromatic rings. The number of aryl methyl sites for hydroxylation is 1. The van der Waals surface area contributed by atoms with Gasteiger partial charge in [0.05, 0.1) is 17.9 Å². The second-order valence-electron chi connectivity index (χ2n) is 3.57. The van der Waals surface area contributed by atoms with Crippen molar-refractivity contribution in [2.75, 3.05) is 6.61 Å². The first-order chi connectivity index (χ1) is 7.24. The van der Waals surface area contributed by atoms with Crippen molar-refractivity contribution in [1.29, 1.82) is 0 Å². The number of carbonyl (C=O) groups excluding carboxylic acids is 1. The number of hydrogen-bond acceptors (Lipinski definition) is 2. The summed E-state index contributed by atoms with van der Waals surface area (Å²) >= 11 is 0. The lowest BCUT2D eigenvalue weighted by molar-refractivity contribution is 0.0740. The Morgan fingerprint density at radius 2 is 2.60 bits per heavy atom. The van der Waals surface area contributed by atoms with E-state index < -0.39 is 5.91 Å². The molecule has 0 bridgehead atoms. The van der Waals surface area contributed by atoms with Gasteiger partial charge >= 0.3 is 0 Å². The SMILES string of the molecule is C=CCOC1CCn2ccc(C(N)=O)c21. The number of nitrogens with zero attached hydrogens (tertiary/aromatic N) is 1. The molecule has 0 aromatic carbocycles. The summed E-state index contributed by atoms with van der Waals surface area (Å²) in [4.78, 5) is 11.2. The summed E-state index contributed by atoms with van der Waals surface area (Å²) in [5.41, 5.74) is 6.77. The Morgan fingerprint density at radius 1 is 1.80 bits per heavy atom. The van der Waals surface area contributed by atoms with E-state index in [0.717, 1.165) is 18.7 Å². The molecular formula is C11H14N2O2. The molecule has 2 N–H and O–H groups in total. The first kappa shape index (κ1) is 9.98. The van der Waals surface area contributed by atoms with E-state index in [1.54, 1.807) is 12.1 Å². The Balaban J connectivity index is 2.26. The molecule has 1 aliphatic rings. The quantitative estimate of drug-likeness (QED) is 0.753. The topological polar surface area (TPSA) is 57.2 Å². The monoisotopic (exact) mass is 206 g/mol. The average Bonchev–Trinajstić information content (AvgIpc) is 2.74. The van der Waals surface area contributed by atoms with Crippen LogP contribution in [0.1, 0.15) is 28.6 Å². The van der Waals surface area contributed by atoms with Gasteiger partial charge in [0.1, 0.15) is 6.10 Å². The van der Waals surface area contributed by atoms with Gasteiger partial charge in [-0.1, -0.05) is 6.08 Å². The second-order valence-corrected chi connectivity index (χ2v) is 3.57. The zero-order valence-corrected chi connectivity index (χ0v) is 8.48. The highest BCUT2D eigenvalue weighted by Crippen LogP contribution is 2.32. The van der Waals surface area contributed by atoms with E-state index in [4.69, 9.17) is 10.5 Å². The Morgan fingerprint density at radius 3 is 3.27 bits per heavy atom. The smallest absolute Gasteiger partial charge is 0.250 e. The van der Waals surface area contributed by atoms with Gasteiger partial charge in [0.15, 0.2) is 0 Å². The van der Waals surface area contributed by atoms with Crippen LogP contribution in [0.2, 0.25) is 0 Å². The number of fused-ring (bicyclic) bond motifs is 1. The Kier molecular flexibility index (Phi) is 2.60. The third-order valence-corrected chi connectivity index (χ3v) is 2.62. The molecule has 0 saturated heterocycles. The number of hydrogen-bond donors (Lipinski definition) is 1. The summed E-state index contributed by atoms with van der Waals surface area (Å²) in [6.07, 6.45) is 4.45. The Hall–Kier alpha value is -1.55. The third kappa shape index (κ3) is 1.68. The van der Waals surface area contributed by atoms with Crippen molar-refractivity contribution >= 4 is 5.91 Å². The van der Waals surface area contributed by atoms with E-state index in [1.165, 1.54) is 0 Å². The molecule has 4 nitrogen and oxygen atoms in total. The van der Waals surface area contributed by atoms with Gasteiger partial charge in [0, 0.05) is 12.7 Å². The van der Waals surface area contributed by atoms with Gasteiger partial charge in [0.25, 0.3) is 5.91 Å². The van der Waals surface area contributed by atoms with Crippen molar-refractivity contribution in [3.05, 3.63) is 36.2 Å². The summed E-state index contributed by atoms with van der Waals surface area (Å²) in [5.74, 6) is -0.391. The number of nitrogens with two attached hydrogens (primary N) is 1. The van der Waals surface area contributed by atoms with Crippen LogP contribution in [0.15, 0.2) is 24.9 Å². The van der Waals surface area contributed by atoms with Gasteiger partial charge in [-0.25, -0.2) is 0 Å². The van der Waals surface area contributed by atoms with Crippen LogP contribution in [0.5, 0.6) is 0 Å². The van der Waals surface area contributed by atoms with Crippen LogP contribution in [-0.2, 0) is 11.3 Å². The molecule has 0 spiro atoms.